The van der Waals surface area contributed by atoms with Gasteiger partial charge in [0.1, 0.15) is 5.75 Å². The molecular weight excluding hydrogens is 400 g/mol. The number of fused-ring (bicyclic) bond motifs is 2. The molecule has 1 N–H and O–H groups in total. The first-order valence-corrected chi connectivity index (χ1v) is 11.6. The average Bonchev–Trinajstić information content (AvgIpc) is 3.15. The molecule has 2 aromatic rings. The smallest absolute Gasteiger partial charge is 0.154 e. The van der Waals surface area contributed by atoms with Crippen LogP contribution in [-0.2, 0) is 0 Å². The number of hydrogen-bond donors (Lipinski definition) is 1. The van der Waals surface area contributed by atoms with Crippen LogP contribution in [0.4, 0.5) is 5.69 Å². The van der Waals surface area contributed by atoms with Crippen LogP contribution in [0.15, 0.2) is 36.7 Å². The van der Waals surface area contributed by atoms with Crippen LogP contribution < -0.4 is 15.0 Å². The highest BCUT2D eigenvalue weighted by molar-refractivity contribution is 5.91. The second kappa shape index (κ2) is 10.9. The normalized spacial score (nSPS) is 19.8. The second-order valence-corrected chi connectivity index (χ2v) is 9.44. The van der Waals surface area contributed by atoms with Gasteiger partial charge in [-0.25, -0.2) is 0 Å². The first-order chi connectivity index (χ1) is 15.3. The summed E-state index contributed by atoms with van der Waals surface area (Å²) in [7, 11) is 3.73. The first-order valence-electron chi connectivity index (χ1n) is 11.6. The van der Waals surface area contributed by atoms with Gasteiger partial charge in [-0.3, -0.25) is 9.78 Å². The van der Waals surface area contributed by atoms with E-state index < -0.39 is 0 Å². The highest BCUT2D eigenvalue weighted by atomic mass is 16.5. The first kappa shape index (κ1) is 24.2. The van der Waals surface area contributed by atoms with Crippen molar-refractivity contribution in [2.75, 3.05) is 38.7 Å². The minimum Gasteiger partial charge on any atom is -0.496 e. The number of nitrogens with one attached hydrogen (secondary N) is 1. The van der Waals surface area contributed by atoms with Crippen LogP contribution in [0.2, 0.25) is 0 Å². The summed E-state index contributed by atoms with van der Waals surface area (Å²) in [5, 5.41) is 3.57. The Kier molecular flexibility index (Phi) is 8.26. The molecule has 2 unspecified atom stereocenters. The monoisotopic (exact) mass is 438 g/mol. The molecule has 4 rings (SSSR count). The van der Waals surface area contributed by atoms with Gasteiger partial charge >= 0.3 is 0 Å². The van der Waals surface area contributed by atoms with Crippen LogP contribution in [0.3, 0.4) is 0 Å². The van der Waals surface area contributed by atoms with E-state index in [4.69, 9.17) is 4.74 Å². The standard InChI is InChI=1S/C19H21N3O2.C7H17N/c1-24-19-4-2-3-17(18(19)12-23)14-6-16(9-20-8-14)22-10-13-5-15(11-22)21-7-13;1-6(2)8(5)7(3)4/h2-4,6,8-9,12-13,15,21H,5,7,10-11H2,1H3;6-7H,1-5H3. The molecule has 2 bridgehead atoms. The van der Waals surface area contributed by atoms with Crippen molar-refractivity contribution in [1.82, 2.24) is 15.2 Å². The molecule has 32 heavy (non-hydrogen) atoms. The van der Waals surface area contributed by atoms with Gasteiger partial charge in [0.25, 0.3) is 0 Å². The summed E-state index contributed by atoms with van der Waals surface area (Å²) < 4.78 is 5.31. The van der Waals surface area contributed by atoms with E-state index in [-0.39, 0.29) is 0 Å². The Morgan fingerprint density at radius 3 is 2.53 bits per heavy atom. The van der Waals surface area contributed by atoms with Crippen molar-refractivity contribution in [2.45, 2.75) is 52.2 Å². The predicted molar refractivity (Wildman–Crippen MR) is 132 cm³/mol. The van der Waals surface area contributed by atoms with E-state index in [1.54, 1.807) is 13.2 Å². The molecule has 2 aliphatic heterocycles. The topological polar surface area (TPSA) is 57.7 Å². The third-order valence-corrected chi connectivity index (χ3v) is 6.67. The maximum Gasteiger partial charge on any atom is 0.154 e. The molecule has 2 atom stereocenters. The molecular formula is C26H38N4O2. The quantitative estimate of drug-likeness (QED) is 0.685. The maximum absolute atomic E-state index is 11.5. The number of nitrogens with zero attached hydrogens (tertiary/aromatic N) is 3. The molecule has 2 aliphatic rings. The number of aldehydes is 1. The predicted octanol–water partition coefficient (Wildman–Crippen LogP) is 4.10. The molecule has 0 amide bonds. The summed E-state index contributed by atoms with van der Waals surface area (Å²) in [6.45, 7) is 12.0. The van der Waals surface area contributed by atoms with E-state index in [2.05, 4.69) is 60.9 Å². The number of carbonyl (C=O) groups is 1. The molecule has 0 aliphatic carbocycles. The molecule has 6 heteroatoms. The fraction of sp³-hybridized carbons (Fsp3) is 0.538. The molecule has 174 valence electrons. The van der Waals surface area contributed by atoms with Gasteiger partial charge < -0.3 is 19.9 Å². The van der Waals surface area contributed by atoms with Gasteiger partial charge in [-0.15, -0.1) is 0 Å². The van der Waals surface area contributed by atoms with E-state index in [0.717, 1.165) is 48.7 Å². The minimum atomic E-state index is 0.569. The van der Waals surface area contributed by atoms with Crippen LogP contribution in [-0.4, -0.2) is 68.1 Å². The summed E-state index contributed by atoms with van der Waals surface area (Å²) in [6, 6.07) is 9.70. The Balaban J connectivity index is 0.000000312. The van der Waals surface area contributed by atoms with Crippen LogP contribution in [0.5, 0.6) is 5.75 Å². The SMILES string of the molecule is CC(C)N(C)C(C)C.COc1cccc(-c2cncc(N3CC4CNC(C4)C3)c2)c1C=O. The van der Waals surface area contributed by atoms with Crippen LogP contribution >= 0.6 is 0 Å². The maximum atomic E-state index is 11.5. The highest BCUT2D eigenvalue weighted by Crippen LogP contribution is 2.32. The van der Waals surface area contributed by atoms with Crippen molar-refractivity contribution in [3.05, 3.63) is 42.2 Å². The molecule has 1 aromatic heterocycles. The lowest BCUT2D eigenvalue weighted by molar-refractivity contribution is 0.112. The number of piperidine rings is 1. The molecule has 0 spiro atoms. The van der Waals surface area contributed by atoms with Crippen molar-refractivity contribution in [2.24, 2.45) is 5.92 Å². The molecule has 2 saturated heterocycles. The Bertz CT molecular complexity index is 879. The fourth-order valence-corrected chi connectivity index (χ4v) is 4.48. The number of carbonyl (C=O) groups excluding carboxylic acids is 1. The zero-order valence-electron chi connectivity index (χ0n) is 20.3. The summed E-state index contributed by atoms with van der Waals surface area (Å²) in [4.78, 5) is 20.7. The minimum absolute atomic E-state index is 0.569. The number of rotatable bonds is 6. The summed E-state index contributed by atoms with van der Waals surface area (Å²) in [6.07, 6.45) is 5.85. The van der Waals surface area contributed by atoms with Gasteiger partial charge in [0.15, 0.2) is 6.29 Å². The van der Waals surface area contributed by atoms with E-state index in [1.807, 2.05) is 24.5 Å². The zero-order chi connectivity index (χ0) is 23.3. The molecule has 6 nitrogen and oxygen atoms in total. The van der Waals surface area contributed by atoms with E-state index in [1.165, 1.54) is 6.42 Å². The summed E-state index contributed by atoms with van der Waals surface area (Å²) >= 11 is 0. The van der Waals surface area contributed by atoms with Crippen molar-refractivity contribution in [1.29, 1.82) is 0 Å². The number of benzene rings is 1. The van der Waals surface area contributed by atoms with Crippen molar-refractivity contribution >= 4 is 12.0 Å². The lowest BCUT2D eigenvalue weighted by Gasteiger charge is -2.33. The molecule has 2 fully saturated rings. The van der Waals surface area contributed by atoms with Crippen molar-refractivity contribution in [3.63, 3.8) is 0 Å². The highest BCUT2D eigenvalue weighted by Gasteiger charge is 2.32. The molecule has 3 heterocycles. The fourth-order valence-electron chi connectivity index (χ4n) is 4.48. The van der Waals surface area contributed by atoms with Gasteiger partial charge in [0, 0.05) is 49.5 Å². The number of pyridine rings is 1. The van der Waals surface area contributed by atoms with E-state index in [0.29, 0.717) is 29.4 Å². The largest absolute Gasteiger partial charge is 0.496 e. The van der Waals surface area contributed by atoms with Crippen LogP contribution in [0.1, 0.15) is 44.5 Å². The number of ether oxygens (including phenoxy) is 1. The van der Waals surface area contributed by atoms with E-state index >= 15 is 0 Å². The third kappa shape index (κ3) is 5.67. The third-order valence-electron chi connectivity index (χ3n) is 6.67. The lowest BCUT2D eigenvalue weighted by Crippen LogP contribution is -2.41. The van der Waals surface area contributed by atoms with Gasteiger partial charge in [-0.2, -0.15) is 0 Å². The molecule has 1 aromatic carbocycles. The number of hydrogen-bond acceptors (Lipinski definition) is 6. The Labute approximate surface area is 193 Å². The average molecular weight is 439 g/mol. The summed E-state index contributed by atoms with van der Waals surface area (Å²) in [5.41, 5.74) is 3.49. The van der Waals surface area contributed by atoms with Crippen molar-refractivity contribution in [3.8, 4) is 16.9 Å². The van der Waals surface area contributed by atoms with Gasteiger partial charge in [0.2, 0.25) is 0 Å². The Morgan fingerprint density at radius 1 is 1.19 bits per heavy atom. The van der Waals surface area contributed by atoms with Crippen molar-refractivity contribution < 1.29 is 9.53 Å². The number of aromatic nitrogens is 1. The van der Waals surface area contributed by atoms with E-state index in [9.17, 15) is 4.79 Å². The number of anilines is 1. The van der Waals surface area contributed by atoms with Gasteiger partial charge in [-0.1, -0.05) is 12.1 Å². The second-order valence-electron chi connectivity index (χ2n) is 9.44. The lowest BCUT2D eigenvalue weighted by atomic mass is 9.98. The molecule has 0 radical (unpaired) electrons. The zero-order valence-corrected chi connectivity index (χ0v) is 20.3. The summed E-state index contributed by atoms with van der Waals surface area (Å²) in [5.74, 6) is 1.31. The van der Waals surface area contributed by atoms with Crippen LogP contribution in [0.25, 0.3) is 11.1 Å². The van der Waals surface area contributed by atoms with Crippen LogP contribution in [0, 0.1) is 5.92 Å². The Morgan fingerprint density at radius 2 is 1.94 bits per heavy atom. The number of methoxy groups -OCH3 is 1. The van der Waals surface area contributed by atoms with Gasteiger partial charge in [-0.05, 0) is 64.8 Å². The molecule has 0 saturated carbocycles. The Hall–Kier alpha value is -2.44. The van der Waals surface area contributed by atoms with Gasteiger partial charge in [0.05, 0.1) is 24.6 Å².